The SMILES string of the molecule is CC1(C)Cc2c(NSCCO)cccc2-c2ncnc(N)c21. The highest BCUT2D eigenvalue weighted by molar-refractivity contribution is 8.00. The Morgan fingerprint density at radius 1 is 1.36 bits per heavy atom. The summed E-state index contributed by atoms with van der Waals surface area (Å²) in [6, 6.07) is 6.16. The quantitative estimate of drug-likeness (QED) is 0.594. The van der Waals surface area contributed by atoms with Crippen LogP contribution in [0.3, 0.4) is 0 Å². The first-order chi connectivity index (χ1) is 10.5. The lowest BCUT2D eigenvalue weighted by molar-refractivity contribution is 0.322. The summed E-state index contributed by atoms with van der Waals surface area (Å²) in [5, 5.41) is 8.93. The molecule has 22 heavy (non-hydrogen) atoms. The summed E-state index contributed by atoms with van der Waals surface area (Å²) in [5.74, 6) is 1.22. The number of hydrogen-bond acceptors (Lipinski definition) is 6. The number of hydrogen-bond donors (Lipinski definition) is 3. The fourth-order valence-electron chi connectivity index (χ4n) is 3.07. The van der Waals surface area contributed by atoms with Crippen LogP contribution in [0.2, 0.25) is 0 Å². The van der Waals surface area contributed by atoms with E-state index in [-0.39, 0.29) is 12.0 Å². The molecule has 1 aromatic carbocycles. The van der Waals surface area contributed by atoms with Crippen molar-refractivity contribution in [3.8, 4) is 11.3 Å². The van der Waals surface area contributed by atoms with Gasteiger partial charge in [0.05, 0.1) is 12.3 Å². The monoisotopic (exact) mass is 316 g/mol. The molecule has 0 saturated carbocycles. The fraction of sp³-hybridized carbons (Fsp3) is 0.375. The van der Waals surface area contributed by atoms with E-state index in [4.69, 9.17) is 10.8 Å². The average Bonchev–Trinajstić information content (AvgIpc) is 2.47. The largest absolute Gasteiger partial charge is 0.395 e. The molecule has 4 N–H and O–H groups in total. The van der Waals surface area contributed by atoms with Crippen molar-refractivity contribution in [2.24, 2.45) is 0 Å². The molecule has 0 aliphatic heterocycles. The highest BCUT2D eigenvalue weighted by atomic mass is 32.2. The molecular weight excluding hydrogens is 296 g/mol. The summed E-state index contributed by atoms with van der Waals surface area (Å²) >= 11 is 1.51. The van der Waals surface area contributed by atoms with Crippen molar-refractivity contribution in [3.63, 3.8) is 0 Å². The van der Waals surface area contributed by atoms with Gasteiger partial charge in [0.25, 0.3) is 0 Å². The molecule has 0 saturated heterocycles. The van der Waals surface area contributed by atoms with Crippen molar-refractivity contribution >= 4 is 23.5 Å². The van der Waals surface area contributed by atoms with Crippen LogP contribution >= 0.6 is 11.9 Å². The number of aliphatic hydroxyl groups is 1. The van der Waals surface area contributed by atoms with Gasteiger partial charge in [-0.3, -0.25) is 0 Å². The van der Waals surface area contributed by atoms with Crippen LogP contribution in [0.4, 0.5) is 11.5 Å². The van der Waals surface area contributed by atoms with E-state index in [1.54, 1.807) is 0 Å². The number of fused-ring (bicyclic) bond motifs is 3. The van der Waals surface area contributed by atoms with Crippen molar-refractivity contribution in [2.45, 2.75) is 25.7 Å². The molecule has 1 heterocycles. The summed E-state index contributed by atoms with van der Waals surface area (Å²) in [4.78, 5) is 8.65. The Hall–Kier alpha value is -1.79. The zero-order valence-electron chi connectivity index (χ0n) is 12.8. The van der Waals surface area contributed by atoms with Crippen molar-refractivity contribution in [1.29, 1.82) is 0 Å². The van der Waals surface area contributed by atoms with E-state index in [0.29, 0.717) is 11.6 Å². The lowest BCUT2D eigenvalue weighted by Crippen LogP contribution is -2.28. The van der Waals surface area contributed by atoms with Crippen molar-refractivity contribution in [1.82, 2.24) is 9.97 Å². The molecule has 0 atom stereocenters. The topological polar surface area (TPSA) is 84.1 Å². The van der Waals surface area contributed by atoms with Gasteiger partial charge in [-0.15, -0.1) is 0 Å². The third kappa shape index (κ3) is 2.53. The highest BCUT2D eigenvalue weighted by Gasteiger charge is 2.35. The number of nitrogen functional groups attached to an aromatic ring is 1. The maximum atomic E-state index is 8.93. The van der Waals surface area contributed by atoms with Crippen molar-refractivity contribution in [2.75, 3.05) is 22.8 Å². The highest BCUT2D eigenvalue weighted by Crippen LogP contribution is 2.46. The number of rotatable bonds is 4. The Balaban J connectivity index is 2.11. The molecule has 1 aliphatic rings. The molecule has 3 rings (SSSR count). The molecule has 0 bridgehead atoms. The molecule has 116 valence electrons. The Labute approximate surface area is 134 Å². The molecule has 6 heteroatoms. The Bertz CT molecular complexity index is 703. The summed E-state index contributed by atoms with van der Waals surface area (Å²) in [6.45, 7) is 4.50. The number of benzene rings is 1. The van der Waals surface area contributed by atoms with Gasteiger partial charge in [0.15, 0.2) is 0 Å². The van der Waals surface area contributed by atoms with E-state index in [1.165, 1.54) is 23.8 Å². The fourth-order valence-corrected chi connectivity index (χ4v) is 3.61. The smallest absolute Gasteiger partial charge is 0.131 e. The van der Waals surface area contributed by atoms with Crippen molar-refractivity contribution < 1.29 is 5.11 Å². The van der Waals surface area contributed by atoms with Crippen LogP contribution in [0, 0.1) is 0 Å². The third-order valence-corrected chi connectivity index (χ3v) is 4.73. The van der Waals surface area contributed by atoms with Crippen molar-refractivity contribution in [3.05, 3.63) is 35.7 Å². The van der Waals surface area contributed by atoms with Crippen LogP contribution in [0.25, 0.3) is 11.3 Å². The molecule has 5 nitrogen and oxygen atoms in total. The number of nitrogens with two attached hydrogens (primary N) is 1. The lowest BCUT2D eigenvalue weighted by atomic mass is 9.71. The second-order valence-electron chi connectivity index (χ2n) is 6.05. The molecule has 2 aromatic rings. The molecule has 0 radical (unpaired) electrons. The molecule has 0 unspecified atom stereocenters. The summed E-state index contributed by atoms with van der Waals surface area (Å²) in [7, 11) is 0. The Morgan fingerprint density at radius 3 is 2.95 bits per heavy atom. The van der Waals surface area contributed by atoms with E-state index in [1.807, 2.05) is 6.07 Å². The van der Waals surface area contributed by atoms with Gasteiger partial charge in [0, 0.05) is 22.6 Å². The first-order valence-electron chi connectivity index (χ1n) is 7.26. The summed E-state index contributed by atoms with van der Waals surface area (Å²) in [5.41, 5.74) is 11.4. The predicted molar refractivity (Wildman–Crippen MR) is 91.8 cm³/mol. The molecule has 1 aliphatic carbocycles. The van der Waals surface area contributed by atoms with Crippen LogP contribution < -0.4 is 10.5 Å². The van der Waals surface area contributed by atoms with E-state index >= 15 is 0 Å². The maximum Gasteiger partial charge on any atom is 0.131 e. The van der Waals surface area contributed by atoms with Gasteiger partial charge >= 0.3 is 0 Å². The van der Waals surface area contributed by atoms with Gasteiger partial charge in [-0.1, -0.05) is 37.9 Å². The average molecular weight is 316 g/mol. The second kappa shape index (κ2) is 5.78. The number of aliphatic hydroxyl groups excluding tert-OH is 1. The normalized spacial score (nSPS) is 15.0. The van der Waals surface area contributed by atoms with Gasteiger partial charge in [-0.2, -0.15) is 0 Å². The van der Waals surface area contributed by atoms with Gasteiger partial charge < -0.3 is 15.6 Å². The minimum Gasteiger partial charge on any atom is -0.395 e. The Morgan fingerprint density at radius 2 is 2.18 bits per heavy atom. The van der Waals surface area contributed by atoms with Gasteiger partial charge in [0.2, 0.25) is 0 Å². The molecule has 0 amide bonds. The minimum absolute atomic E-state index is 0.118. The number of nitrogens with zero attached hydrogens (tertiary/aromatic N) is 2. The number of nitrogens with one attached hydrogen (secondary N) is 1. The van der Waals surface area contributed by atoms with Crippen LogP contribution in [0.15, 0.2) is 24.5 Å². The summed E-state index contributed by atoms with van der Waals surface area (Å²) < 4.78 is 3.34. The van der Waals surface area contributed by atoms with Gasteiger partial charge in [-0.25, -0.2) is 9.97 Å². The predicted octanol–water partition coefficient (Wildman–Crippen LogP) is 2.61. The van der Waals surface area contributed by atoms with E-state index < -0.39 is 0 Å². The van der Waals surface area contributed by atoms with Crippen LogP contribution in [0.1, 0.15) is 25.0 Å². The molecule has 1 aromatic heterocycles. The molecule has 0 fully saturated rings. The zero-order chi connectivity index (χ0) is 15.7. The zero-order valence-corrected chi connectivity index (χ0v) is 13.6. The maximum absolute atomic E-state index is 8.93. The number of aromatic nitrogens is 2. The van der Waals surface area contributed by atoms with Crippen LogP contribution in [-0.4, -0.2) is 27.4 Å². The van der Waals surface area contributed by atoms with Gasteiger partial charge in [0.1, 0.15) is 12.1 Å². The molecular formula is C16H20N4OS. The standard InChI is InChI=1S/C16H20N4OS/c1-16(2)8-11-10(14-13(16)15(17)19-9-18-14)4-3-5-12(11)20-22-7-6-21/h3-5,9,20-21H,6-8H2,1-2H3,(H2,17,18,19). The minimum atomic E-state index is -0.118. The molecule has 0 spiro atoms. The first kappa shape index (κ1) is 15.1. The van der Waals surface area contributed by atoms with Gasteiger partial charge in [-0.05, 0) is 23.5 Å². The first-order valence-corrected chi connectivity index (χ1v) is 8.25. The lowest BCUT2D eigenvalue weighted by Gasteiger charge is -2.34. The van der Waals surface area contributed by atoms with E-state index in [0.717, 1.165) is 28.9 Å². The van der Waals surface area contributed by atoms with Crippen LogP contribution in [-0.2, 0) is 11.8 Å². The summed E-state index contributed by atoms with van der Waals surface area (Å²) in [6.07, 6.45) is 2.40. The van der Waals surface area contributed by atoms with E-state index in [9.17, 15) is 0 Å². The van der Waals surface area contributed by atoms with E-state index in [2.05, 4.69) is 40.7 Å². The second-order valence-corrected chi connectivity index (χ2v) is 6.95. The number of anilines is 2. The Kier molecular flexibility index (Phi) is 3.97. The third-order valence-electron chi connectivity index (χ3n) is 3.98. The van der Waals surface area contributed by atoms with Crippen LogP contribution in [0.5, 0.6) is 0 Å².